The van der Waals surface area contributed by atoms with Gasteiger partial charge in [-0.3, -0.25) is 4.99 Å². The second kappa shape index (κ2) is 5.58. The molecule has 102 valence electrons. The van der Waals surface area contributed by atoms with Gasteiger partial charge in [-0.15, -0.1) is 6.58 Å². The van der Waals surface area contributed by atoms with Crippen LogP contribution in [-0.4, -0.2) is 75.4 Å². The summed E-state index contributed by atoms with van der Waals surface area (Å²) in [5.41, 5.74) is -0.359. The van der Waals surface area contributed by atoms with E-state index in [1.807, 2.05) is 11.9 Å². The molecule has 1 fully saturated rings. The highest BCUT2D eigenvalue weighted by Gasteiger charge is 2.48. The van der Waals surface area contributed by atoms with Gasteiger partial charge in [-0.1, -0.05) is 17.8 Å². The number of likely N-dealkylation sites (N-methyl/N-ethyl adjacent to an activating group) is 1. The molecule has 18 heavy (non-hydrogen) atoms. The van der Waals surface area contributed by atoms with Crippen molar-refractivity contribution in [2.75, 3.05) is 20.2 Å². The molecule has 0 spiro atoms. The molecule has 3 N–H and O–H groups in total. The van der Waals surface area contributed by atoms with Crippen LogP contribution in [-0.2, 0) is 4.74 Å². The maximum absolute atomic E-state index is 9.98. The highest BCUT2D eigenvalue weighted by atomic mass is 32.2. The second-order valence-corrected chi connectivity index (χ2v) is 5.46. The monoisotopic (exact) mass is 274 g/mol. The molecule has 0 aromatic heterocycles. The highest BCUT2D eigenvalue weighted by Crippen LogP contribution is 2.36. The number of rotatable bonds is 3. The third-order valence-corrected chi connectivity index (χ3v) is 4.31. The van der Waals surface area contributed by atoms with Gasteiger partial charge in [0.25, 0.3) is 0 Å². The Labute approximate surface area is 110 Å². The van der Waals surface area contributed by atoms with E-state index in [2.05, 4.69) is 11.6 Å². The average Bonchev–Trinajstić information content (AvgIpc) is 2.78. The third kappa shape index (κ3) is 2.41. The Morgan fingerprint density at radius 3 is 2.83 bits per heavy atom. The number of ether oxygens (including phenoxy) is 1. The lowest BCUT2D eigenvalue weighted by molar-refractivity contribution is -0.164. The third-order valence-electron chi connectivity index (χ3n) is 3.06. The van der Waals surface area contributed by atoms with Crippen molar-refractivity contribution in [2.24, 2.45) is 4.99 Å². The van der Waals surface area contributed by atoms with Gasteiger partial charge in [-0.2, -0.15) is 0 Å². The number of nitrogens with zero attached hydrogens (tertiary/aromatic N) is 2. The van der Waals surface area contributed by atoms with Gasteiger partial charge in [0.15, 0.2) is 5.17 Å². The lowest BCUT2D eigenvalue weighted by Crippen LogP contribution is -2.55. The maximum Gasteiger partial charge on any atom is 0.162 e. The SMILES string of the molecule is C=CCN(C)C1=N[C@@H]2[C@@H](O)[C@H](O)[C@@H](CO)O[C@@H]2S1. The van der Waals surface area contributed by atoms with Gasteiger partial charge in [0.05, 0.1) is 6.61 Å². The molecule has 0 amide bonds. The predicted octanol–water partition coefficient (Wildman–Crippen LogP) is -0.985. The Morgan fingerprint density at radius 2 is 2.22 bits per heavy atom. The highest BCUT2D eigenvalue weighted by molar-refractivity contribution is 8.14. The Morgan fingerprint density at radius 1 is 1.50 bits per heavy atom. The quantitative estimate of drug-likeness (QED) is 0.573. The zero-order valence-corrected chi connectivity index (χ0v) is 11.0. The summed E-state index contributed by atoms with van der Waals surface area (Å²) in [6.45, 7) is 3.98. The van der Waals surface area contributed by atoms with Crippen molar-refractivity contribution in [3.8, 4) is 0 Å². The molecular formula is C11H18N2O4S. The average molecular weight is 274 g/mol. The lowest BCUT2D eigenvalue weighted by atomic mass is 9.99. The van der Waals surface area contributed by atoms with Crippen molar-refractivity contribution < 1.29 is 20.1 Å². The fraction of sp³-hybridized carbons (Fsp3) is 0.727. The number of aliphatic hydroxyl groups excluding tert-OH is 3. The van der Waals surface area contributed by atoms with E-state index in [4.69, 9.17) is 9.84 Å². The minimum atomic E-state index is -1.11. The van der Waals surface area contributed by atoms with E-state index in [1.165, 1.54) is 11.8 Å². The molecule has 6 nitrogen and oxygen atoms in total. The minimum Gasteiger partial charge on any atom is -0.394 e. The van der Waals surface area contributed by atoms with Crippen LogP contribution in [0.2, 0.25) is 0 Å². The van der Waals surface area contributed by atoms with Crippen LogP contribution in [0, 0.1) is 0 Å². The van der Waals surface area contributed by atoms with Gasteiger partial charge in [-0.25, -0.2) is 0 Å². The molecule has 5 atom stereocenters. The van der Waals surface area contributed by atoms with Crippen LogP contribution >= 0.6 is 11.8 Å². The van der Waals surface area contributed by atoms with Crippen LogP contribution in [0.1, 0.15) is 0 Å². The number of aliphatic imine (C=N–C) groups is 1. The fourth-order valence-electron chi connectivity index (χ4n) is 2.02. The van der Waals surface area contributed by atoms with Crippen molar-refractivity contribution in [3.63, 3.8) is 0 Å². The minimum absolute atomic E-state index is 0.320. The molecule has 0 saturated carbocycles. The molecule has 1 saturated heterocycles. The maximum atomic E-state index is 9.98. The standard InChI is InChI=1S/C11H18N2O4S/c1-3-4-13(2)11-12-7-9(16)8(15)6(5-14)17-10(7)18-11/h3,6-10,14-16H,1,4-5H2,2H3/t6-,7-,8-,9-,10-/m1/s1. The number of aliphatic hydroxyl groups is 3. The Hall–Kier alpha value is -0.600. The van der Waals surface area contributed by atoms with E-state index in [0.717, 1.165) is 5.17 Å². The van der Waals surface area contributed by atoms with Crippen molar-refractivity contribution in [2.45, 2.75) is 29.8 Å². The molecule has 2 heterocycles. The molecule has 7 heteroatoms. The van der Waals surface area contributed by atoms with Crippen LogP contribution < -0.4 is 0 Å². The largest absolute Gasteiger partial charge is 0.394 e. The Kier molecular flexibility index (Phi) is 4.29. The first-order valence-corrected chi connectivity index (χ1v) is 6.65. The molecule has 0 aromatic rings. The van der Waals surface area contributed by atoms with Gasteiger partial charge in [0, 0.05) is 13.6 Å². The van der Waals surface area contributed by atoms with Gasteiger partial charge >= 0.3 is 0 Å². The molecule has 0 aromatic carbocycles. The van der Waals surface area contributed by atoms with Crippen LogP contribution in [0.5, 0.6) is 0 Å². The number of amidine groups is 1. The smallest absolute Gasteiger partial charge is 0.162 e. The van der Waals surface area contributed by atoms with Crippen molar-refractivity contribution in [1.82, 2.24) is 4.90 Å². The Bertz CT molecular complexity index is 352. The van der Waals surface area contributed by atoms with Crippen molar-refractivity contribution in [3.05, 3.63) is 12.7 Å². The summed E-state index contributed by atoms with van der Waals surface area (Å²) >= 11 is 1.39. The molecule has 0 radical (unpaired) electrons. The first-order chi connectivity index (χ1) is 8.58. The van der Waals surface area contributed by atoms with Crippen LogP contribution in [0.25, 0.3) is 0 Å². The van der Waals surface area contributed by atoms with E-state index in [1.54, 1.807) is 6.08 Å². The molecule has 2 aliphatic heterocycles. The van der Waals surface area contributed by atoms with Gasteiger partial charge in [0.2, 0.25) is 0 Å². The Balaban J connectivity index is 2.10. The van der Waals surface area contributed by atoms with Gasteiger partial charge < -0.3 is 25.0 Å². The number of hydrogen-bond acceptors (Lipinski definition) is 7. The van der Waals surface area contributed by atoms with E-state index in [-0.39, 0.29) is 12.0 Å². The zero-order valence-electron chi connectivity index (χ0n) is 10.1. The summed E-state index contributed by atoms with van der Waals surface area (Å²) in [5.74, 6) is 0. The van der Waals surface area contributed by atoms with E-state index in [9.17, 15) is 10.2 Å². The van der Waals surface area contributed by atoms with Crippen LogP contribution in [0.4, 0.5) is 0 Å². The molecule has 0 unspecified atom stereocenters. The summed E-state index contributed by atoms with van der Waals surface area (Å²) in [4.78, 5) is 6.27. The number of hydrogen-bond donors (Lipinski definition) is 3. The van der Waals surface area contributed by atoms with Crippen molar-refractivity contribution in [1.29, 1.82) is 0 Å². The summed E-state index contributed by atoms with van der Waals surface area (Å²) in [6.07, 6.45) is -1.12. The summed E-state index contributed by atoms with van der Waals surface area (Å²) in [6, 6.07) is -0.491. The summed E-state index contributed by atoms with van der Waals surface area (Å²) < 4.78 is 5.54. The predicted molar refractivity (Wildman–Crippen MR) is 69.4 cm³/mol. The molecule has 2 rings (SSSR count). The normalized spacial score (nSPS) is 39.1. The molecular weight excluding hydrogens is 256 g/mol. The van der Waals surface area contributed by atoms with Crippen LogP contribution in [0.15, 0.2) is 17.6 Å². The van der Waals surface area contributed by atoms with Gasteiger partial charge in [-0.05, 0) is 0 Å². The van der Waals surface area contributed by atoms with E-state index >= 15 is 0 Å². The van der Waals surface area contributed by atoms with E-state index < -0.39 is 24.4 Å². The summed E-state index contributed by atoms with van der Waals surface area (Å²) in [5, 5.41) is 29.6. The molecule has 2 aliphatic rings. The van der Waals surface area contributed by atoms with E-state index in [0.29, 0.717) is 6.54 Å². The topological polar surface area (TPSA) is 85.5 Å². The van der Waals surface area contributed by atoms with Crippen LogP contribution in [0.3, 0.4) is 0 Å². The van der Waals surface area contributed by atoms with Crippen molar-refractivity contribution >= 4 is 16.9 Å². The first-order valence-electron chi connectivity index (χ1n) is 5.77. The molecule has 0 bridgehead atoms. The second-order valence-electron chi connectivity index (χ2n) is 4.40. The number of fused-ring (bicyclic) bond motifs is 1. The van der Waals surface area contributed by atoms with Gasteiger partial charge in [0.1, 0.15) is 29.8 Å². The first kappa shape index (κ1) is 13.8. The lowest BCUT2D eigenvalue weighted by Gasteiger charge is -2.37. The molecule has 0 aliphatic carbocycles. The fourth-order valence-corrected chi connectivity index (χ4v) is 3.23. The number of thioether (sulfide) groups is 1. The summed E-state index contributed by atoms with van der Waals surface area (Å²) in [7, 11) is 1.87. The zero-order chi connectivity index (χ0) is 13.3.